The largest absolute Gasteiger partial charge is 0.473 e. The molecule has 3 rings (SSSR count). The van der Waals surface area contributed by atoms with Crippen molar-refractivity contribution in [1.29, 1.82) is 0 Å². The van der Waals surface area contributed by atoms with Gasteiger partial charge in [0.1, 0.15) is 0 Å². The summed E-state index contributed by atoms with van der Waals surface area (Å²) in [5, 5.41) is 18.5. The molecule has 2 aliphatic rings. The predicted octanol–water partition coefficient (Wildman–Crippen LogP) is 0.569. The zero-order chi connectivity index (χ0) is 15.3. The van der Waals surface area contributed by atoms with Crippen LogP contribution >= 0.6 is 0 Å². The smallest absolute Gasteiger partial charge is 0.414 e. The van der Waals surface area contributed by atoms with Gasteiger partial charge < -0.3 is 20.4 Å². The van der Waals surface area contributed by atoms with Gasteiger partial charge in [0.15, 0.2) is 0 Å². The molecule has 7 nitrogen and oxygen atoms in total. The summed E-state index contributed by atoms with van der Waals surface area (Å²) in [5.41, 5.74) is 1.68. The number of nitrogens with one attached hydrogen (secondary N) is 1. The Morgan fingerprint density at radius 3 is 2.57 bits per heavy atom. The van der Waals surface area contributed by atoms with E-state index in [2.05, 4.69) is 21.3 Å². The van der Waals surface area contributed by atoms with Crippen LogP contribution in [-0.4, -0.2) is 52.3 Å². The highest BCUT2D eigenvalue weighted by atomic mass is 16.4. The zero-order valence-electron chi connectivity index (χ0n) is 11.7. The van der Waals surface area contributed by atoms with Gasteiger partial charge >= 0.3 is 11.9 Å². The van der Waals surface area contributed by atoms with Crippen molar-refractivity contribution in [2.45, 2.75) is 24.8 Å². The maximum Gasteiger partial charge on any atom is 0.414 e. The normalized spacial score (nSPS) is 23.7. The number of pyridine rings is 1. The van der Waals surface area contributed by atoms with Crippen LogP contribution in [0.4, 0.5) is 5.69 Å². The number of anilines is 1. The van der Waals surface area contributed by atoms with Crippen molar-refractivity contribution in [2.75, 3.05) is 24.5 Å². The second kappa shape index (κ2) is 6.53. The average molecular weight is 293 g/mol. The van der Waals surface area contributed by atoms with Gasteiger partial charge in [-0.2, -0.15) is 0 Å². The molecular formula is C14H19N3O4. The highest BCUT2D eigenvalue weighted by molar-refractivity contribution is 6.27. The number of nitrogens with zero attached hydrogens (tertiary/aromatic N) is 2. The summed E-state index contributed by atoms with van der Waals surface area (Å²) in [5.74, 6) is -3.65. The Hall–Kier alpha value is -2.15. The number of carbonyl (C=O) groups is 2. The Bertz CT molecular complexity index is 488. The lowest BCUT2D eigenvalue weighted by molar-refractivity contribution is -0.159. The molecule has 0 aliphatic carbocycles. The first kappa shape index (κ1) is 15.2. The van der Waals surface area contributed by atoms with E-state index in [1.807, 2.05) is 18.5 Å². The van der Waals surface area contributed by atoms with Gasteiger partial charge in [-0.1, -0.05) is 0 Å². The van der Waals surface area contributed by atoms with Gasteiger partial charge in [-0.3, -0.25) is 4.98 Å². The van der Waals surface area contributed by atoms with Crippen LogP contribution in [-0.2, 0) is 9.59 Å². The van der Waals surface area contributed by atoms with Crippen LogP contribution < -0.4 is 10.2 Å². The van der Waals surface area contributed by atoms with Crippen LogP contribution in [0.15, 0.2) is 24.5 Å². The fourth-order valence-corrected chi connectivity index (χ4v) is 2.85. The summed E-state index contributed by atoms with van der Waals surface area (Å²) in [6, 6.07) is 4.17. The van der Waals surface area contributed by atoms with E-state index >= 15 is 0 Å². The molecule has 3 heterocycles. The minimum Gasteiger partial charge on any atom is -0.473 e. The standard InChI is InChI=1S/C12H17N3.C2H2O4/c1-3-11(9-13-6-1)15-8-5-12(10-15)4-2-7-14-12;3-1(4)2(5)6/h1,3,6,9,14H,2,4-5,7-8,10H2;(H,3,4)(H,5,6)/t12-;/m0./s1. The predicted molar refractivity (Wildman–Crippen MR) is 76.3 cm³/mol. The third kappa shape index (κ3) is 3.91. The molecule has 2 aliphatic heterocycles. The molecule has 0 saturated carbocycles. The van der Waals surface area contributed by atoms with Gasteiger partial charge in [-0.05, 0) is 37.9 Å². The maximum absolute atomic E-state index is 9.10. The Labute approximate surface area is 122 Å². The van der Waals surface area contributed by atoms with Gasteiger partial charge in [-0.25, -0.2) is 9.59 Å². The molecule has 0 amide bonds. The van der Waals surface area contributed by atoms with Crippen LogP contribution in [0.25, 0.3) is 0 Å². The fourth-order valence-electron chi connectivity index (χ4n) is 2.85. The van der Waals surface area contributed by atoms with E-state index < -0.39 is 11.9 Å². The molecule has 114 valence electrons. The highest BCUT2D eigenvalue weighted by Gasteiger charge is 2.39. The molecular weight excluding hydrogens is 274 g/mol. The molecule has 1 aromatic rings. The lowest BCUT2D eigenvalue weighted by atomic mass is 9.97. The Balaban J connectivity index is 0.000000232. The fraction of sp³-hybridized carbons (Fsp3) is 0.500. The molecule has 3 N–H and O–H groups in total. The molecule has 1 aromatic heterocycles. The molecule has 0 unspecified atom stereocenters. The van der Waals surface area contributed by atoms with Gasteiger partial charge in [0, 0.05) is 24.8 Å². The monoisotopic (exact) mass is 293 g/mol. The third-order valence-corrected chi connectivity index (χ3v) is 3.88. The Morgan fingerprint density at radius 2 is 2.05 bits per heavy atom. The quantitative estimate of drug-likeness (QED) is 0.650. The first-order valence-electron chi connectivity index (χ1n) is 6.89. The number of hydrogen-bond donors (Lipinski definition) is 3. The van der Waals surface area contributed by atoms with E-state index in [9.17, 15) is 0 Å². The van der Waals surface area contributed by atoms with Crippen LogP contribution in [0.1, 0.15) is 19.3 Å². The SMILES string of the molecule is O=C(O)C(=O)O.c1cncc(N2CC[C@@]3(CCCN3)C2)c1. The summed E-state index contributed by atoms with van der Waals surface area (Å²) in [4.78, 5) is 24.8. The summed E-state index contributed by atoms with van der Waals surface area (Å²) in [7, 11) is 0. The van der Waals surface area contributed by atoms with Crippen molar-refractivity contribution in [3.8, 4) is 0 Å². The summed E-state index contributed by atoms with van der Waals surface area (Å²) >= 11 is 0. The second-order valence-corrected chi connectivity index (χ2v) is 5.30. The van der Waals surface area contributed by atoms with Gasteiger partial charge in [0.05, 0.1) is 11.9 Å². The molecule has 0 aromatic carbocycles. The number of hydrogen-bond acceptors (Lipinski definition) is 5. The van der Waals surface area contributed by atoms with Gasteiger partial charge in [-0.15, -0.1) is 0 Å². The first-order chi connectivity index (χ1) is 10.0. The van der Waals surface area contributed by atoms with Crippen LogP contribution in [0.3, 0.4) is 0 Å². The molecule has 2 fully saturated rings. The van der Waals surface area contributed by atoms with Crippen molar-refractivity contribution in [3.05, 3.63) is 24.5 Å². The van der Waals surface area contributed by atoms with Crippen LogP contribution in [0.2, 0.25) is 0 Å². The maximum atomic E-state index is 9.10. The lowest BCUT2D eigenvalue weighted by Crippen LogP contribution is -2.42. The molecule has 21 heavy (non-hydrogen) atoms. The molecule has 2 saturated heterocycles. The summed E-state index contributed by atoms with van der Waals surface area (Å²) in [6.07, 6.45) is 7.75. The minimum atomic E-state index is -1.82. The topological polar surface area (TPSA) is 103 Å². The van der Waals surface area contributed by atoms with Crippen molar-refractivity contribution >= 4 is 17.6 Å². The number of carboxylic acids is 2. The first-order valence-corrected chi connectivity index (χ1v) is 6.89. The number of carboxylic acid groups (broad SMARTS) is 2. The third-order valence-electron chi connectivity index (χ3n) is 3.88. The summed E-state index contributed by atoms with van der Waals surface area (Å²) in [6.45, 7) is 3.51. The van der Waals surface area contributed by atoms with E-state index in [0.717, 1.165) is 6.54 Å². The molecule has 1 spiro atoms. The van der Waals surface area contributed by atoms with Gasteiger partial charge in [0.25, 0.3) is 0 Å². The van der Waals surface area contributed by atoms with Crippen molar-refractivity contribution < 1.29 is 19.8 Å². The van der Waals surface area contributed by atoms with E-state index in [0.29, 0.717) is 5.54 Å². The van der Waals surface area contributed by atoms with Crippen molar-refractivity contribution in [2.24, 2.45) is 0 Å². The lowest BCUT2D eigenvalue weighted by Gasteiger charge is -2.25. The van der Waals surface area contributed by atoms with Crippen molar-refractivity contribution in [3.63, 3.8) is 0 Å². The number of aliphatic carboxylic acids is 2. The molecule has 7 heteroatoms. The van der Waals surface area contributed by atoms with Crippen LogP contribution in [0.5, 0.6) is 0 Å². The number of rotatable bonds is 1. The molecule has 0 radical (unpaired) electrons. The highest BCUT2D eigenvalue weighted by Crippen LogP contribution is 2.32. The van der Waals surface area contributed by atoms with E-state index in [4.69, 9.17) is 19.8 Å². The Morgan fingerprint density at radius 1 is 1.29 bits per heavy atom. The van der Waals surface area contributed by atoms with E-state index in [1.165, 1.54) is 38.0 Å². The number of aromatic nitrogens is 1. The second-order valence-electron chi connectivity index (χ2n) is 5.30. The minimum absolute atomic E-state index is 0.413. The van der Waals surface area contributed by atoms with Crippen molar-refractivity contribution in [1.82, 2.24) is 10.3 Å². The van der Waals surface area contributed by atoms with E-state index in [1.54, 1.807) is 0 Å². The molecule has 0 bridgehead atoms. The average Bonchev–Trinajstić information content (AvgIpc) is 3.11. The molecule has 1 atom stereocenters. The zero-order valence-corrected chi connectivity index (χ0v) is 11.7. The van der Waals surface area contributed by atoms with Crippen LogP contribution in [0, 0.1) is 0 Å². The van der Waals surface area contributed by atoms with E-state index in [-0.39, 0.29) is 0 Å². The van der Waals surface area contributed by atoms with Gasteiger partial charge in [0.2, 0.25) is 0 Å². The Kier molecular flexibility index (Phi) is 4.74. The summed E-state index contributed by atoms with van der Waals surface area (Å²) < 4.78 is 0.